The summed E-state index contributed by atoms with van der Waals surface area (Å²) in [5.74, 6) is -1.59. The molecule has 0 aliphatic rings. The van der Waals surface area contributed by atoms with Crippen molar-refractivity contribution in [2.45, 2.75) is 4.90 Å². The van der Waals surface area contributed by atoms with Crippen LogP contribution in [-0.2, 0) is 15.6 Å². The lowest BCUT2D eigenvalue weighted by molar-refractivity contribution is -0.131. The number of carboxylic acid groups (broad SMARTS) is 1. The number of rotatable bonds is 3. The number of hydrogen-bond donors (Lipinski definition) is 1. The fourth-order valence-corrected chi connectivity index (χ4v) is 1.57. The Kier molecular flexibility index (Phi) is 3.53. The maximum Gasteiger partial charge on any atom is 0.328 e. The molecule has 1 aromatic carbocycles. The van der Waals surface area contributed by atoms with Gasteiger partial charge in [-0.15, -0.1) is 0 Å². The van der Waals surface area contributed by atoms with Gasteiger partial charge in [-0.2, -0.15) is 0 Å². The summed E-state index contributed by atoms with van der Waals surface area (Å²) in [4.78, 5) is 10.5. The van der Waals surface area contributed by atoms with Crippen LogP contribution < -0.4 is 0 Å². The molecule has 74 valence electrons. The van der Waals surface area contributed by atoms with Gasteiger partial charge in [-0.3, -0.25) is 0 Å². The fraction of sp³-hybridized carbons (Fsp3) is 0. The van der Waals surface area contributed by atoms with Crippen LogP contribution in [0.25, 0.3) is 0 Å². The average Bonchev–Trinajstić information content (AvgIpc) is 2.15. The highest BCUT2D eigenvalue weighted by Gasteiger charge is 2.00. The molecule has 1 rings (SSSR count). The van der Waals surface area contributed by atoms with E-state index in [1.165, 1.54) is 24.3 Å². The SMILES string of the molecule is O=C(O)/C=C/S(=O)c1ccc(F)cc1. The predicted molar refractivity (Wildman–Crippen MR) is 49.6 cm³/mol. The van der Waals surface area contributed by atoms with Gasteiger partial charge in [-0.05, 0) is 24.3 Å². The smallest absolute Gasteiger partial charge is 0.328 e. The molecule has 0 spiro atoms. The molecule has 0 bridgehead atoms. The quantitative estimate of drug-likeness (QED) is 0.776. The standard InChI is InChI=1S/C9H7FO3S/c10-7-1-3-8(4-2-7)14(13)6-5-9(11)12/h1-6H,(H,11,12)/b6-5+. The Hall–Kier alpha value is -1.49. The maximum absolute atomic E-state index is 12.5. The van der Waals surface area contributed by atoms with Crippen LogP contribution in [0.3, 0.4) is 0 Å². The van der Waals surface area contributed by atoms with Gasteiger partial charge in [-0.1, -0.05) is 0 Å². The van der Waals surface area contributed by atoms with Crippen LogP contribution in [0, 0.1) is 5.82 Å². The van der Waals surface area contributed by atoms with Crippen molar-refractivity contribution in [3.05, 3.63) is 41.6 Å². The van der Waals surface area contributed by atoms with Crippen LogP contribution >= 0.6 is 0 Å². The van der Waals surface area contributed by atoms with Gasteiger partial charge in [0.1, 0.15) is 5.82 Å². The summed E-state index contributed by atoms with van der Waals surface area (Å²) in [7, 11) is -1.54. The van der Waals surface area contributed by atoms with E-state index in [-0.39, 0.29) is 0 Å². The molecule has 0 aliphatic carbocycles. The van der Waals surface area contributed by atoms with Crippen LogP contribution in [-0.4, -0.2) is 15.3 Å². The van der Waals surface area contributed by atoms with E-state index in [0.717, 1.165) is 11.5 Å². The summed E-state index contributed by atoms with van der Waals surface area (Å²) in [6.07, 6.45) is 0.791. The van der Waals surface area contributed by atoms with Gasteiger partial charge in [0, 0.05) is 16.4 Å². The number of halogens is 1. The van der Waals surface area contributed by atoms with Gasteiger partial charge in [-0.25, -0.2) is 13.4 Å². The molecule has 1 N–H and O–H groups in total. The molecule has 0 saturated carbocycles. The highest BCUT2D eigenvalue weighted by molar-refractivity contribution is 7.88. The molecule has 1 atom stereocenters. The van der Waals surface area contributed by atoms with Crippen molar-refractivity contribution in [2.75, 3.05) is 0 Å². The van der Waals surface area contributed by atoms with Crippen LogP contribution in [0.1, 0.15) is 0 Å². The minimum atomic E-state index is -1.54. The Labute approximate surface area is 82.3 Å². The van der Waals surface area contributed by atoms with E-state index in [4.69, 9.17) is 5.11 Å². The minimum absolute atomic E-state index is 0.365. The van der Waals surface area contributed by atoms with Gasteiger partial charge in [0.15, 0.2) is 0 Å². The summed E-state index contributed by atoms with van der Waals surface area (Å²) in [5, 5.41) is 9.31. The lowest BCUT2D eigenvalue weighted by Crippen LogP contribution is -1.91. The predicted octanol–water partition coefficient (Wildman–Crippen LogP) is 1.53. The molecule has 3 nitrogen and oxygen atoms in total. The second kappa shape index (κ2) is 4.66. The summed E-state index contributed by atoms with van der Waals surface area (Å²) >= 11 is 0. The third kappa shape index (κ3) is 3.10. The van der Waals surface area contributed by atoms with Crippen LogP contribution in [0.15, 0.2) is 40.6 Å². The van der Waals surface area contributed by atoms with E-state index in [9.17, 15) is 13.4 Å². The normalized spacial score (nSPS) is 12.9. The molecule has 0 aromatic heterocycles. The van der Waals surface area contributed by atoms with Crippen molar-refractivity contribution >= 4 is 16.8 Å². The maximum atomic E-state index is 12.5. The van der Waals surface area contributed by atoms with Crippen molar-refractivity contribution < 1.29 is 18.5 Å². The fourth-order valence-electron chi connectivity index (χ4n) is 0.767. The van der Waals surface area contributed by atoms with Crippen molar-refractivity contribution in [2.24, 2.45) is 0 Å². The van der Waals surface area contributed by atoms with Crippen LogP contribution in [0.2, 0.25) is 0 Å². The Bertz CT molecular complexity index is 384. The Morgan fingerprint density at radius 3 is 2.43 bits per heavy atom. The first-order valence-corrected chi connectivity index (χ1v) is 4.88. The van der Waals surface area contributed by atoms with Crippen molar-refractivity contribution in [3.8, 4) is 0 Å². The largest absolute Gasteiger partial charge is 0.478 e. The highest BCUT2D eigenvalue weighted by atomic mass is 32.2. The number of carbonyl (C=O) groups is 1. The summed E-state index contributed by atoms with van der Waals surface area (Å²) in [6.45, 7) is 0. The van der Waals surface area contributed by atoms with Crippen LogP contribution in [0.5, 0.6) is 0 Å². The number of carboxylic acids is 1. The molecule has 0 radical (unpaired) electrons. The van der Waals surface area contributed by atoms with Crippen molar-refractivity contribution in [1.82, 2.24) is 0 Å². The minimum Gasteiger partial charge on any atom is -0.478 e. The summed E-state index contributed by atoms with van der Waals surface area (Å²) in [6, 6.07) is 5.03. The van der Waals surface area contributed by atoms with Gasteiger partial charge in [0.05, 0.1) is 10.8 Å². The van der Waals surface area contributed by atoms with E-state index >= 15 is 0 Å². The zero-order valence-electron chi connectivity index (χ0n) is 7.01. The van der Waals surface area contributed by atoms with E-state index in [1.54, 1.807) is 0 Å². The lowest BCUT2D eigenvalue weighted by Gasteiger charge is -1.94. The Morgan fingerprint density at radius 2 is 1.93 bits per heavy atom. The number of hydrogen-bond acceptors (Lipinski definition) is 2. The monoisotopic (exact) mass is 214 g/mol. The number of aliphatic carboxylic acids is 1. The first kappa shape index (κ1) is 10.6. The third-order valence-electron chi connectivity index (χ3n) is 1.38. The van der Waals surface area contributed by atoms with E-state index in [1.807, 2.05) is 0 Å². The second-order valence-electron chi connectivity index (χ2n) is 2.39. The molecule has 1 aromatic rings. The third-order valence-corrected chi connectivity index (χ3v) is 2.50. The Balaban J connectivity index is 2.80. The topological polar surface area (TPSA) is 54.4 Å². The van der Waals surface area contributed by atoms with E-state index in [0.29, 0.717) is 4.90 Å². The van der Waals surface area contributed by atoms with Crippen molar-refractivity contribution in [1.29, 1.82) is 0 Å². The molecular weight excluding hydrogens is 207 g/mol. The Morgan fingerprint density at radius 1 is 1.36 bits per heavy atom. The molecule has 0 amide bonds. The zero-order valence-corrected chi connectivity index (χ0v) is 7.83. The molecule has 14 heavy (non-hydrogen) atoms. The molecule has 5 heteroatoms. The molecular formula is C9H7FO3S. The van der Waals surface area contributed by atoms with E-state index < -0.39 is 22.6 Å². The highest BCUT2D eigenvalue weighted by Crippen LogP contribution is 2.08. The summed E-state index contributed by atoms with van der Waals surface area (Å²) < 4.78 is 23.8. The number of benzene rings is 1. The van der Waals surface area contributed by atoms with Gasteiger partial charge < -0.3 is 5.11 Å². The molecule has 1 unspecified atom stereocenters. The zero-order chi connectivity index (χ0) is 10.6. The first-order valence-electron chi connectivity index (χ1n) is 3.67. The van der Waals surface area contributed by atoms with Gasteiger partial charge in [0.2, 0.25) is 0 Å². The van der Waals surface area contributed by atoms with Gasteiger partial charge >= 0.3 is 5.97 Å². The molecule has 0 heterocycles. The van der Waals surface area contributed by atoms with Crippen molar-refractivity contribution in [3.63, 3.8) is 0 Å². The summed E-state index contributed by atoms with van der Waals surface area (Å²) in [5.41, 5.74) is 0. The second-order valence-corrected chi connectivity index (χ2v) is 3.73. The van der Waals surface area contributed by atoms with Gasteiger partial charge in [0.25, 0.3) is 0 Å². The van der Waals surface area contributed by atoms with E-state index in [2.05, 4.69) is 0 Å². The molecule has 0 aliphatic heterocycles. The average molecular weight is 214 g/mol. The van der Waals surface area contributed by atoms with Crippen LogP contribution in [0.4, 0.5) is 4.39 Å². The molecule has 0 fully saturated rings. The first-order chi connectivity index (χ1) is 6.59. The molecule has 0 saturated heterocycles. The lowest BCUT2D eigenvalue weighted by atomic mass is 10.4.